The highest BCUT2D eigenvalue weighted by Crippen LogP contribution is 2.52. The molecule has 2 aliphatic rings. The molecule has 140 valence electrons. The highest BCUT2D eigenvalue weighted by Gasteiger charge is 2.59. The largest absolute Gasteiger partial charge is 0.494 e. The Balaban J connectivity index is 1.67. The van der Waals surface area contributed by atoms with Crippen molar-refractivity contribution in [3.05, 3.63) is 65.7 Å². The molecule has 2 aromatic rings. The van der Waals surface area contributed by atoms with Gasteiger partial charge in [-0.25, -0.2) is 0 Å². The molecule has 0 aromatic heterocycles. The van der Waals surface area contributed by atoms with E-state index in [4.69, 9.17) is 4.74 Å². The summed E-state index contributed by atoms with van der Waals surface area (Å²) >= 11 is 0. The maximum atomic E-state index is 12.3. The number of fused-ring (bicyclic) bond motifs is 3. The lowest BCUT2D eigenvalue weighted by Crippen LogP contribution is -2.58. The third kappa shape index (κ3) is 2.71. The van der Waals surface area contributed by atoms with Gasteiger partial charge in [0.25, 0.3) is 0 Å². The van der Waals surface area contributed by atoms with Crippen molar-refractivity contribution in [2.75, 3.05) is 18.1 Å². The average Bonchev–Trinajstić information content (AvgIpc) is 3.10. The monoisotopic (exact) mass is 362 g/mol. The predicted octanol–water partition coefficient (Wildman–Crippen LogP) is 4.11. The van der Waals surface area contributed by atoms with Crippen LogP contribution in [0.25, 0.3) is 6.08 Å². The first-order valence-electron chi connectivity index (χ1n) is 9.58. The van der Waals surface area contributed by atoms with Crippen LogP contribution in [0, 0.1) is 0 Å². The Hall–Kier alpha value is -2.75. The Labute approximate surface area is 160 Å². The minimum Gasteiger partial charge on any atom is -0.494 e. The van der Waals surface area contributed by atoms with Crippen molar-refractivity contribution >= 4 is 17.7 Å². The maximum Gasteiger partial charge on any atom is 0.241 e. The number of ether oxygens (including phenoxy) is 1. The van der Waals surface area contributed by atoms with E-state index in [1.54, 1.807) is 0 Å². The van der Waals surface area contributed by atoms with E-state index < -0.39 is 5.66 Å². The van der Waals surface area contributed by atoms with Gasteiger partial charge in [0.15, 0.2) is 0 Å². The van der Waals surface area contributed by atoms with Crippen molar-refractivity contribution < 1.29 is 9.53 Å². The molecule has 4 nitrogen and oxygen atoms in total. The molecule has 0 saturated carbocycles. The molecule has 2 heterocycles. The van der Waals surface area contributed by atoms with E-state index in [9.17, 15) is 4.79 Å². The lowest BCUT2D eigenvalue weighted by atomic mass is 9.75. The fourth-order valence-electron chi connectivity index (χ4n) is 4.25. The zero-order valence-corrected chi connectivity index (χ0v) is 16.2. The SMILES string of the molecule is CCCOc1ccc(C=C[C@@]23NC(=O)CN2c2ccccc2C3(C)C)cc1. The summed E-state index contributed by atoms with van der Waals surface area (Å²) in [7, 11) is 0. The molecule has 0 radical (unpaired) electrons. The Morgan fingerprint density at radius 1 is 1.15 bits per heavy atom. The van der Waals surface area contributed by atoms with E-state index >= 15 is 0 Å². The summed E-state index contributed by atoms with van der Waals surface area (Å²) in [6.07, 6.45) is 5.23. The third-order valence-corrected chi connectivity index (χ3v) is 5.75. The predicted molar refractivity (Wildman–Crippen MR) is 109 cm³/mol. The van der Waals surface area contributed by atoms with E-state index in [-0.39, 0.29) is 11.3 Å². The topological polar surface area (TPSA) is 41.6 Å². The number of anilines is 1. The Bertz CT molecular complexity index is 886. The van der Waals surface area contributed by atoms with Crippen molar-refractivity contribution in [1.82, 2.24) is 5.32 Å². The normalized spacial score (nSPS) is 22.6. The van der Waals surface area contributed by atoms with E-state index in [1.807, 2.05) is 30.3 Å². The van der Waals surface area contributed by atoms with Crippen LogP contribution in [0.5, 0.6) is 5.75 Å². The first-order chi connectivity index (χ1) is 13.0. The Kier molecular flexibility index (Phi) is 4.22. The Morgan fingerprint density at radius 3 is 2.63 bits per heavy atom. The van der Waals surface area contributed by atoms with Gasteiger partial charge in [-0.05, 0) is 41.8 Å². The third-order valence-electron chi connectivity index (χ3n) is 5.75. The quantitative estimate of drug-likeness (QED) is 0.870. The molecule has 1 N–H and O–H groups in total. The molecule has 2 aliphatic heterocycles. The zero-order valence-electron chi connectivity index (χ0n) is 16.2. The summed E-state index contributed by atoms with van der Waals surface area (Å²) < 4.78 is 5.66. The number of hydrogen-bond donors (Lipinski definition) is 1. The molecule has 1 saturated heterocycles. The van der Waals surface area contributed by atoms with Crippen LogP contribution in [-0.4, -0.2) is 24.7 Å². The van der Waals surface area contributed by atoms with Crippen molar-refractivity contribution in [3.63, 3.8) is 0 Å². The van der Waals surface area contributed by atoms with Gasteiger partial charge in [-0.2, -0.15) is 0 Å². The van der Waals surface area contributed by atoms with Crippen molar-refractivity contribution in [2.45, 2.75) is 38.3 Å². The van der Waals surface area contributed by atoms with Gasteiger partial charge in [-0.3, -0.25) is 4.79 Å². The molecule has 0 spiro atoms. The number of carbonyl (C=O) groups excluding carboxylic acids is 1. The van der Waals surface area contributed by atoms with E-state index in [0.717, 1.165) is 30.0 Å². The van der Waals surface area contributed by atoms with Crippen molar-refractivity contribution in [1.29, 1.82) is 0 Å². The number of rotatable bonds is 5. The molecule has 2 aromatic carbocycles. The lowest BCUT2D eigenvalue weighted by Gasteiger charge is -2.40. The molecule has 1 amide bonds. The number of carbonyl (C=O) groups is 1. The zero-order chi connectivity index (χ0) is 19.1. The van der Waals surface area contributed by atoms with E-state index in [2.05, 4.69) is 61.3 Å². The van der Waals surface area contributed by atoms with Crippen LogP contribution in [-0.2, 0) is 10.2 Å². The highest BCUT2D eigenvalue weighted by atomic mass is 16.5. The van der Waals surface area contributed by atoms with Gasteiger partial charge in [0.1, 0.15) is 11.4 Å². The van der Waals surface area contributed by atoms with Gasteiger partial charge in [-0.1, -0.05) is 57.2 Å². The minimum absolute atomic E-state index is 0.0607. The molecule has 27 heavy (non-hydrogen) atoms. The molecule has 1 fully saturated rings. The smallest absolute Gasteiger partial charge is 0.241 e. The fraction of sp³-hybridized carbons (Fsp3) is 0.348. The van der Waals surface area contributed by atoms with Crippen molar-refractivity contribution in [2.24, 2.45) is 0 Å². The molecular formula is C23H26N2O2. The Morgan fingerprint density at radius 2 is 1.89 bits per heavy atom. The summed E-state index contributed by atoms with van der Waals surface area (Å²) in [5, 5.41) is 3.25. The summed E-state index contributed by atoms with van der Waals surface area (Å²) in [5.74, 6) is 0.946. The van der Waals surface area contributed by atoms with Gasteiger partial charge in [0.05, 0.1) is 13.2 Å². The molecule has 4 heteroatoms. The lowest BCUT2D eigenvalue weighted by molar-refractivity contribution is -0.118. The second kappa shape index (κ2) is 6.45. The summed E-state index contributed by atoms with van der Waals surface area (Å²) in [5.41, 5.74) is 2.69. The number of hydrogen-bond acceptors (Lipinski definition) is 3. The maximum absolute atomic E-state index is 12.3. The molecule has 0 unspecified atom stereocenters. The number of benzene rings is 2. The first kappa shape index (κ1) is 17.7. The second-order valence-electron chi connectivity index (χ2n) is 7.79. The first-order valence-corrected chi connectivity index (χ1v) is 9.58. The van der Waals surface area contributed by atoms with Crippen molar-refractivity contribution in [3.8, 4) is 5.75 Å². The van der Waals surface area contributed by atoms with Crippen LogP contribution in [0.1, 0.15) is 38.3 Å². The van der Waals surface area contributed by atoms with E-state index in [1.165, 1.54) is 5.56 Å². The van der Waals surface area contributed by atoms with Gasteiger partial charge in [-0.15, -0.1) is 0 Å². The van der Waals surface area contributed by atoms with Crippen LogP contribution in [0.3, 0.4) is 0 Å². The number of nitrogens with one attached hydrogen (secondary N) is 1. The van der Waals surface area contributed by atoms with Gasteiger partial charge in [0.2, 0.25) is 5.91 Å². The fourth-order valence-corrected chi connectivity index (χ4v) is 4.25. The van der Waals surface area contributed by atoms with Crippen LogP contribution in [0.4, 0.5) is 5.69 Å². The van der Waals surface area contributed by atoms with Gasteiger partial charge < -0.3 is 15.0 Å². The average molecular weight is 362 g/mol. The minimum atomic E-state index is -0.550. The number of para-hydroxylation sites is 1. The number of nitrogens with zero attached hydrogens (tertiary/aromatic N) is 1. The molecule has 1 atom stereocenters. The molecule has 4 rings (SSSR count). The standard InChI is InChI=1S/C23H26N2O2/c1-4-15-27-18-11-9-17(10-12-18)13-14-23-22(2,3)19-7-5-6-8-20(19)25(23)16-21(26)24-23/h5-14H,4,15-16H2,1-3H3,(H,24,26)/t23-/m1/s1. The summed E-state index contributed by atoms with van der Waals surface area (Å²) in [6, 6.07) is 16.5. The molecule has 0 aliphatic carbocycles. The molecular weight excluding hydrogens is 336 g/mol. The molecule has 0 bridgehead atoms. The number of amides is 1. The second-order valence-corrected chi connectivity index (χ2v) is 7.79. The highest BCUT2D eigenvalue weighted by molar-refractivity contribution is 5.91. The van der Waals surface area contributed by atoms with Gasteiger partial charge in [0, 0.05) is 11.1 Å². The van der Waals surface area contributed by atoms with Crippen LogP contribution in [0.15, 0.2) is 54.6 Å². The van der Waals surface area contributed by atoms with Crippen LogP contribution < -0.4 is 15.0 Å². The summed E-state index contributed by atoms with van der Waals surface area (Å²) in [4.78, 5) is 14.5. The van der Waals surface area contributed by atoms with Crippen LogP contribution >= 0.6 is 0 Å². The van der Waals surface area contributed by atoms with Crippen LogP contribution in [0.2, 0.25) is 0 Å². The van der Waals surface area contributed by atoms with E-state index in [0.29, 0.717) is 6.54 Å². The summed E-state index contributed by atoms with van der Waals surface area (Å²) in [6.45, 7) is 7.60. The van der Waals surface area contributed by atoms with Gasteiger partial charge >= 0.3 is 0 Å².